The van der Waals surface area contributed by atoms with Crippen LogP contribution in [0.5, 0.6) is 0 Å². The Morgan fingerprint density at radius 1 is 1.15 bits per heavy atom. The highest BCUT2D eigenvalue weighted by Gasteiger charge is 2.47. The van der Waals surface area contributed by atoms with Crippen LogP contribution in [0, 0.1) is 5.82 Å². The number of hydrogen-bond donors (Lipinski definition) is 0. The van der Waals surface area contributed by atoms with E-state index in [1.54, 1.807) is 35.2 Å². The van der Waals surface area contributed by atoms with Gasteiger partial charge in [0.05, 0.1) is 39.3 Å². The van der Waals surface area contributed by atoms with Crippen molar-refractivity contribution in [2.24, 2.45) is 4.99 Å². The van der Waals surface area contributed by atoms with Crippen LogP contribution in [0.1, 0.15) is 5.56 Å². The van der Waals surface area contributed by atoms with E-state index >= 15 is 0 Å². The number of rotatable bonds is 3. The minimum Gasteiger partial charge on any atom is -0.312 e. The van der Waals surface area contributed by atoms with Crippen molar-refractivity contribution in [2.45, 2.75) is 17.8 Å². The SMILES string of the molecule is O=S1(=O)C[C@@H]2[C@@H](C1)N=C(SCc1ccc(Cl)c(Cl)c1)N2c1ccccc1F. The molecule has 2 heterocycles. The first-order valence-corrected chi connectivity index (χ1v) is 11.8. The van der Waals surface area contributed by atoms with Crippen LogP contribution in [-0.2, 0) is 15.6 Å². The maximum absolute atomic E-state index is 14.4. The van der Waals surface area contributed by atoms with E-state index in [-0.39, 0.29) is 23.6 Å². The van der Waals surface area contributed by atoms with Gasteiger partial charge in [-0.15, -0.1) is 0 Å². The summed E-state index contributed by atoms with van der Waals surface area (Å²) < 4.78 is 38.5. The van der Waals surface area contributed by atoms with E-state index in [1.165, 1.54) is 17.8 Å². The molecule has 0 aromatic heterocycles. The molecule has 2 aliphatic heterocycles. The van der Waals surface area contributed by atoms with Crippen molar-refractivity contribution >= 4 is 55.7 Å². The van der Waals surface area contributed by atoms with Crippen molar-refractivity contribution in [1.29, 1.82) is 0 Å². The first kappa shape index (κ1) is 19.1. The molecule has 1 fully saturated rings. The molecule has 0 N–H and O–H groups in total. The van der Waals surface area contributed by atoms with Crippen molar-refractivity contribution in [2.75, 3.05) is 16.4 Å². The molecule has 142 valence electrons. The van der Waals surface area contributed by atoms with Gasteiger partial charge in [0.2, 0.25) is 0 Å². The van der Waals surface area contributed by atoms with E-state index in [0.717, 1.165) is 5.56 Å². The van der Waals surface area contributed by atoms with Crippen LogP contribution in [-0.4, -0.2) is 37.2 Å². The summed E-state index contributed by atoms with van der Waals surface area (Å²) in [5.74, 6) is 0.142. The van der Waals surface area contributed by atoms with E-state index in [1.807, 2.05) is 6.07 Å². The Bertz CT molecular complexity index is 1030. The molecular formula is C18H15Cl2FN2O2S2. The van der Waals surface area contributed by atoms with Gasteiger partial charge in [0.15, 0.2) is 15.0 Å². The van der Waals surface area contributed by atoms with Gasteiger partial charge in [-0.1, -0.05) is 53.2 Å². The van der Waals surface area contributed by atoms with Crippen LogP contribution in [0.4, 0.5) is 10.1 Å². The average molecular weight is 445 g/mol. The van der Waals surface area contributed by atoms with E-state index in [4.69, 9.17) is 23.2 Å². The highest BCUT2D eigenvalue weighted by atomic mass is 35.5. The molecule has 4 nitrogen and oxygen atoms in total. The molecule has 0 amide bonds. The number of amidine groups is 1. The zero-order valence-electron chi connectivity index (χ0n) is 14.0. The zero-order valence-corrected chi connectivity index (χ0v) is 17.1. The molecule has 9 heteroatoms. The van der Waals surface area contributed by atoms with Crippen LogP contribution in [0.25, 0.3) is 0 Å². The fraction of sp³-hybridized carbons (Fsp3) is 0.278. The summed E-state index contributed by atoms with van der Waals surface area (Å²) in [5, 5.41) is 1.57. The molecule has 1 saturated heterocycles. The predicted octanol–water partition coefficient (Wildman–Crippen LogP) is 4.41. The largest absolute Gasteiger partial charge is 0.312 e. The lowest BCUT2D eigenvalue weighted by Crippen LogP contribution is -2.39. The highest BCUT2D eigenvalue weighted by Crippen LogP contribution is 2.37. The van der Waals surface area contributed by atoms with Crippen molar-refractivity contribution in [1.82, 2.24) is 0 Å². The van der Waals surface area contributed by atoms with Gasteiger partial charge in [-0.05, 0) is 29.8 Å². The maximum Gasteiger partial charge on any atom is 0.164 e. The standard InChI is InChI=1S/C18H15Cl2FN2O2S2/c19-12-6-5-11(7-13(12)20)8-26-18-22-15-9-27(24,25)10-17(15)23(18)16-4-2-1-3-14(16)21/h1-7,15,17H,8-10H2/t15-,17-/m1/s1. The van der Waals surface area contributed by atoms with E-state index in [9.17, 15) is 12.8 Å². The molecule has 2 aromatic rings. The first-order valence-electron chi connectivity index (χ1n) is 8.23. The number of sulfone groups is 1. The fourth-order valence-corrected chi connectivity index (χ4v) is 6.56. The first-order chi connectivity index (χ1) is 12.8. The Morgan fingerprint density at radius 2 is 1.93 bits per heavy atom. The van der Waals surface area contributed by atoms with Crippen molar-refractivity contribution in [3.8, 4) is 0 Å². The Kier molecular flexibility index (Phi) is 5.14. The molecule has 2 atom stereocenters. The average Bonchev–Trinajstić information content (AvgIpc) is 3.08. The molecule has 2 aliphatic rings. The van der Waals surface area contributed by atoms with Gasteiger partial charge in [-0.25, -0.2) is 12.8 Å². The van der Waals surface area contributed by atoms with Crippen LogP contribution in [0.3, 0.4) is 0 Å². The van der Waals surface area contributed by atoms with Gasteiger partial charge in [0, 0.05) is 5.75 Å². The number of para-hydroxylation sites is 1. The maximum atomic E-state index is 14.4. The lowest BCUT2D eigenvalue weighted by atomic mass is 10.1. The lowest BCUT2D eigenvalue weighted by Gasteiger charge is -2.26. The summed E-state index contributed by atoms with van der Waals surface area (Å²) in [5.41, 5.74) is 1.30. The molecule has 0 saturated carbocycles. The molecule has 4 rings (SSSR count). The molecule has 0 radical (unpaired) electrons. The number of benzene rings is 2. The number of fused-ring (bicyclic) bond motifs is 1. The van der Waals surface area contributed by atoms with Crippen molar-refractivity contribution in [3.05, 3.63) is 63.9 Å². The number of anilines is 1. The highest BCUT2D eigenvalue weighted by molar-refractivity contribution is 8.13. The Morgan fingerprint density at radius 3 is 2.67 bits per heavy atom. The Labute approximate surface area is 171 Å². The van der Waals surface area contributed by atoms with E-state index in [0.29, 0.717) is 26.7 Å². The molecule has 0 aliphatic carbocycles. The van der Waals surface area contributed by atoms with E-state index in [2.05, 4.69) is 4.99 Å². The van der Waals surface area contributed by atoms with Gasteiger partial charge in [-0.3, -0.25) is 4.99 Å². The quantitative estimate of drug-likeness (QED) is 0.703. The van der Waals surface area contributed by atoms with Gasteiger partial charge in [-0.2, -0.15) is 0 Å². The van der Waals surface area contributed by atoms with E-state index < -0.39 is 15.7 Å². The van der Waals surface area contributed by atoms with Gasteiger partial charge < -0.3 is 4.90 Å². The molecule has 2 aromatic carbocycles. The molecule has 0 unspecified atom stereocenters. The van der Waals surface area contributed by atoms with Gasteiger partial charge >= 0.3 is 0 Å². The minimum absolute atomic E-state index is 0.000543. The Hall–Kier alpha value is -1.28. The van der Waals surface area contributed by atoms with Crippen LogP contribution >= 0.6 is 35.0 Å². The summed E-state index contributed by atoms with van der Waals surface area (Å²) in [6.45, 7) is 0. The summed E-state index contributed by atoms with van der Waals surface area (Å²) >= 11 is 13.4. The number of halogens is 3. The van der Waals surface area contributed by atoms with Gasteiger partial charge in [0.1, 0.15) is 5.82 Å². The molecule has 27 heavy (non-hydrogen) atoms. The molecule has 0 bridgehead atoms. The summed E-state index contributed by atoms with van der Waals surface area (Å²) in [6, 6.07) is 11.0. The lowest BCUT2D eigenvalue weighted by molar-refractivity contribution is 0.600. The summed E-state index contributed by atoms with van der Waals surface area (Å²) in [7, 11) is -3.17. The smallest absolute Gasteiger partial charge is 0.164 e. The van der Waals surface area contributed by atoms with Crippen molar-refractivity contribution in [3.63, 3.8) is 0 Å². The summed E-state index contributed by atoms with van der Waals surface area (Å²) in [6.07, 6.45) is 0. The third-order valence-electron chi connectivity index (χ3n) is 4.57. The fourth-order valence-electron chi connectivity index (χ4n) is 3.34. The number of hydrogen-bond acceptors (Lipinski definition) is 5. The second kappa shape index (κ2) is 7.28. The predicted molar refractivity (Wildman–Crippen MR) is 110 cm³/mol. The zero-order chi connectivity index (χ0) is 19.2. The molecule has 0 spiro atoms. The topological polar surface area (TPSA) is 49.7 Å². The number of aliphatic imine (C=N–C) groups is 1. The summed E-state index contributed by atoms with van der Waals surface area (Å²) in [4.78, 5) is 6.33. The van der Waals surface area contributed by atoms with Crippen LogP contribution < -0.4 is 4.90 Å². The number of thioether (sulfide) groups is 1. The Balaban J connectivity index is 1.63. The molecular weight excluding hydrogens is 430 g/mol. The number of nitrogens with zero attached hydrogens (tertiary/aromatic N) is 2. The normalized spacial score (nSPS) is 23.4. The second-order valence-corrected chi connectivity index (χ2v) is 10.4. The van der Waals surface area contributed by atoms with Crippen molar-refractivity contribution < 1.29 is 12.8 Å². The van der Waals surface area contributed by atoms with Gasteiger partial charge in [0.25, 0.3) is 0 Å². The monoisotopic (exact) mass is 444 g/mol. The third kappa shape index (κ3) is 3.83. The van der Waals surface area contributed by atoms with Crippen LogP contribution in [0.15, 0.2) is 47.5 Å². The van der Waals surface area contributed by atoms with Crippen LogP contribution in [0.2, 0.25) is 10.0 Å². The third-order valence-corrected chi connectivity index (χ3v) is 8.05. The minimum atomic E-state index is -3.17. The second-order valence-electron chi connectivity index (χ2n) is 6.48.